The van der Waals surface area contributed by atoms with E-state index < -0.39 is 17.4 Å². The van der Waals surface area contributed by atoms with E-state index in [-0.39, 0.29) is 5.69 Å². The summed E-state index contributed by atoms with van der Waals surface area (Å²) >= 11 is 0. The van der Waals surface area contributed by atoms with E-state index in [0.717, 1.165) is 12.8 Å². The molecule has 8 heteroatoms. The first kappa shape index (κ1) is 17.9. The highest BCUT2D eigenvalue weighted by Crippen LogP contribution is 2.29. The Morgan fingerprint density at radius 3 is 2.73 bits per heavy atom. The van der Waals surface area contributed by atoms with Crippen LogP contribution in [0.15, 0.2) is 30.6 Å². The van der Waals surface area contributed by atoms with E-state index in [4.69, 9.17) is 9.47 Å². The third kappa shape index (κ3) is 4.01. The number of carbonyl (C=O) groups excluding carboxylic acids is 2. The standard InChI is InChI=1S/C18H22N4O4/c1-18(2,17(24)25-3)21-16(23)15-13(22-10-4-9-19-22)7-8-14(20-15)26-11-12-5-6-12/h4,7-10,12H,5-6,11H2,1-3H3,(H,21,23). The molecule has 1 aliphatic rings. The van der Waals surface area contributed by atoms with Gasteiger partial charge in [-0.15, -0.1) is 0 Å². The molecule has 0 aromatic carbocycles. The molecule has 0 unspecified atom stereocenters. The first-order chi connectivity index (χ1) is 12.4. The van der Waals surface area contributed by atoms with Crippen molar-refractivity contribution in [3.8, 4) is 11.6 Å². The van der Waals surface area contributed by atoms with Crippen LogP contribution < -0.4 is 10.1 Å². The van der Waals surface area contributed by atoms with E-state index in [1.54, 1.807) is 44.4 Å². The van der Waals surface area contributed by atoms with Gasteiger partial charge in [0.2, 0.25) is 5.88 Å². The Hall–Kier alpha value is -2.90. The minimum atomic E-state index is -1.19. The lowest BCUT2D eigenvalue weighted by Gasteiger charge is -2.23. The molecular weight excluding hydrogens is 336 g/mol. The molecule has 0 radical (unpaired) electrons. The number of nitrogens with one attached hydrogen (secondary N) is 1. The van der Waals surface area contributed by atoms with Crippen molar-refractivity contribution in [2.75, 3.05) is 13.7 Å². The van der Waals surface area contributed by atoms with Gasteiger partial charge in [0.1, 0.15) is 5.54 Å². The summed E-state index contributed by atoms with van der Waals surface area (Å²) in [6.07, 6.45) is 5.64. The topological polar surface area (TPSA) is 95.3 Å². The van der Waals surface area contributed by atoms with Gasteiger partial charge < -0.3 is 14.8 Å². The maximum atomic E-state index is 12.8. The number of pyridine rings is 1. The summed E-state index contributed by atoms with van der Waals surface area (Å²) in [7, 11) is 1.27. The molecule has 0 spiro atoms. The fourth-order valence-electron chi connectivity index (χ4n) is 2.41. The molecule has 1 fully saturated rings. The van der Waals surface area contributed by atoms with Gasteiger partial charge >= 0.3 is 5.97 Å². The van der Waals surface area contributed by atoms with Crippen LogP contribution in [0.4, 0.5) is 0 Å². The number of methoxy groups -OCH3 is 1. The quantitative estimate of drug-likeness (QED) is 0.758. The third-order valence-corrected chi connectivity index (χ3v) is 4.10. The van der Waals surface area contributed by atoms with Crippen LogP contribution in [-0.4, -0.2) is 45.9 Å². The average molecular weight is 358 g/mol. The van der Waals surface area contributed by atoms with E-state index >= 15 is 0 Å². The number of nitrogens with zero attached hydrogens (tertiary/aromatic N) is 3. The van der Waals surface area contributed by atoms with Gasteiger partial charge in [-0.2, -0.15) is 5.10 Å². The second kappa shape index (κ2) is 7.15. The van der Waals surface area contributed by atoms with Gasteiger partial charge in [-0.3, -0.25) is 4.79 Å². The highest BCUT2D eigenvalue weighted by Gasteiger charge is 2.32. The van der Waals surface area contributed by atoms with Gasteiger partial charge in [0, 0.05) is 18.5 Å². The van der Waals surface area contributed by atoms with E-state index in [2.05, 4.69) is 15.4 Å². The lowest BCUT2D eigenvalue weighted by molar-refractivity contribution is -0.146. The van der Waals surface area contributed by atoms with Crippen LogP contribution in [0.25, 0.3) is 5.69 Å². The number of hydrogen-bond acceptors (Lipinski definition) is 6. The molecule has 2 heterocycles. The molecular formula is C18H22N4O4. The molecule has 2 aromatic heterocycles. The number of esters is 1. The summed E-state index contributed by atoms with van der Waals surface area (Å²) in [5.41, 5.74) is -0.578. The molecule has 0 atom stereocenters. The summed E-state index contributed by atoms with van der Waals surface area (Å²) in [6, 6.07) is 5.18. The molecule has 3 rings (SSSR count). The summed E-state index contributed by atoms with van der Waals surface area (Å²) < 4.78 is 12.0. The largest absolute Gasteiger partial charge is 0.477 e. The van der Waals surface area contributed by atoms with Gasteiger partial charge in [0.15, 0.2) is 5.69 Å². The minimum absolute atomic E-state index is 0.124. The zero-order valence-electron chi connectivity index (χ0n) is 15.1. The monoisotopic (exact) mass is 358 g/mol. The molecule has 1 aliphatic carbocycles. The second-order valence-electron chi connectivity index (χ2n) is 6.79. The second-order valence-corrected chi connectivity index (χ2v) is 6.79. The fraction of sp³-hybridized carbons (Fsp3) is 0.444. The van der Waals surface area contributed by atoms with E-state index in [0.29, 0.717) is 24.1 Å². The van der Waals surface area contributed by atoms with Crippen LogP contribution in [0.5, 0.6) is 5.88 Å². The number of aromatic nitrogens is 3. The van der Waals surface area contributed by atoms with E-state index in [9.17, 15) is 9.59 Å². The normalized spacial score (nSPS) is 14.0. The molecule has 2 aromatic rings. The average Bonchev–Trinajstić information content (AvgIpc) is 3.30. The summed E-state index contributed by atoms with van der Waals surface area (Å²) in [6.45, 7) is 3.72. The lowest BCUT2D eigenvalue weighted by atomic mass is 10.1. The molecule has 1 saturated carbocycles. The zero-order valence-corrected chi connectivity index (χ0v) is 15.1. The predicted molar refractivity (Wildman–Crippen MR) is 93.1 cm³/mol. The van der Waals surface area contributed by atoms with Crippen molar-refractivity contribution in [3.05, 3.63) is 36.3 Å². The Labute approximate surface area is 151 Å². The van der Waals surface area contributed by atoms with E-state index in [1.807, 2.05) is 0 Å². The zero-order chi connectivity index (χ0) is 18.7. The molecule has 26 heavy (non-hydrogen) atoms. The molecule has 8 nitrogen and oxygen atoms in total. The van der Waals surface area contributed by atoms with Gasteiger partial charge in [-0.25, -0.2) is 14.5 Å². The Bertz CT molecular complexity index is 798. The van der Waals surface area contributed by atoms with Crippen LogP contribution in [0, 0.1) is 5.92 Å². The maximum absolute atomic E-state index is 12.8. The van der Waals surface area contributed by atoms with E-state index in [1.165, 1.54) is 11.8 Å². The molecule has 1 amide bonds. The van der Waals surface area contributed by atoms with Gasteiger partial charge in [0.05, 0.1) is 19.4 Å². The fourth-order valence-corrected chi connectivity index (χ4v) is 2.41. The van der Waals surface area contributed by atoms with Gasteiger partial charge in [-0.05, 0) is 44.7 Å². The van der Waals surface area contributed by atoms with Crippen molar-refractivity contribution < 1.29 is 19.1 Å². The van der Waals surface area contributed by atoms with Crippen LogP contribution >= 0.6 is 0 Å². The lowest BCUT2D eigenvalue weighted by Crippen LogP contribution is -2.50. The number of rotatable bonds is 7. The Morgan fingerprint density at radius 1 is 1.35 bits per heavy atom. The van der Waals surface area contributed by atoms with Crippen molar-refractivity contribution >= 4 is 11.9 Å². The van der Waals surface area contributed by atoms with Crippen LogP contribution in [0.1, 0.15) is 37.2 Å². The molecule has 0 saturated heterocycles. The summed E-state index contributed by atoms with van der Waals surface area (Å²) in [4.78, 5) is 29.0. The number of hydrogen-bond donors (Lipinski definition) is 1. The van der Waals surface area contributed by atoms with Gasteiger partial charge in [0.25, 0.3) is 5.91 Å². The highest BCUT2D eigenvalue weighted by atomic mass is 16.5. The first-order valence-corrected chi connectivity index (χ1v) is 8.45. The van der Waals surface area contributed by atoms with Crippen molar-refractivity contribution in [2.24, 2.45) is 5.92 Å². The van der Waals surface area contributed by atoms with Crippen LogP contribution in [-0.2, 0) is 9.53 Å². The summed E-state index contributed by atoms with van der Waals surface area (Å²) in [5, 5.41) is 6.81. The van der Waals surface area contributed by atoms with Crippen LogP contribution in [0.2, 0.25) is 0 Å². The highest BCUT2D eigenvalue weighted by molar-refractivity contribution is 5.99. The van der Waals surface area contributed by atoms with Crippen molar-refractivity contribution in [3.63, 3.8) is 0 Å². The van der Waals surface area contributed by atoms with Crippen molar-refractivity contribution in [1.29, 1.82) is 0 Å². The van der Waals surface area contributed by atoms with Crippen molar-refractivity contribution in [1.82, 2.24) is 20.1 Å². The minimum Gasteiger partial charge on any atom is -0.477 e. The Kier molecular flexibility index (Phi) is 4.92. The predicted octanol–water partition coefficient (Wildman–Crippen LogP) is 1.74. The summed E-state index contributed by atoms with van der Waals surface area (Å²) in [5.74, 6) is -0.123. The smallest absolute Gasteiger partial charge is 0.330 e. The molecule has 1 N–H and O–H groups in total. The first-order valence-electron chi connectivity index (χ1n) is 8.45. The Morgan fingerprint density at radius 2 is 2.12 bits per heavy atom. The third-order valence-electron chi connectivity index (χ3n) is 4.10. The molecule has 138 valence electrons. The van der Waals surface area contributed by atoms with Crippen LogP contribution in [0.3, 0.4) is 0 Å². The Balaban J connectivity index is 1.89. The number of amides is 1. The number of ether oxygens (including phenoxy) is 2. The SMILES string of the molecule is COC(=O)C(C)(C)NC(=O)c1nc(OCC2CC2)ccc1-n1cccn1. The molecule has 0 bridgehead atoms. The molecule has 0 aliphatic heterocycles. The van der Waals surface area contributed by atoms with Crippen molar-refractivity contribution in [2.45, 2.75) is 32.2 Å². The maximum Gasteiger partial charge on any atom is 0.330 e. The number of carbonyl (C=O) groups is 2. The van der Waals surface area contributed by atoms with Gasteiger partial charge in [-0.1, -0.05) is 0 Å².